The van der Waals surface area contributed by atoms with Crippen LogP contribution in [0.5, 0.6) is 0 Å². The molecule has 0 saturated carbocycles. The number of ether oxygens (including phenoxy) is 1. The van der Waals surface area contributed by atoms with Gasteiger partial charge in [-0.15, -0.1) is 0 Å². The van der Waals surface area contributed by atoms with Crippen molar-refractivity contribution >= 4 is 27.4 Å². The lowest BCUT2D eigenvalue weighted by Gasteiger charge is -2.28. The fourth-order valence-corrected chi connectivity index (χ4v) is 5.88. The molecule has 174 valence electrons. The molecule has 1 atom stereocenters. The Morgan fingerprint density at radius 1 is 1.18 bits per heavy atom. The molecule has 10 heteroatoms. The minimum absolute atomic E-state index is 0.0293. The second-order valence-corrected chi connectivity index (χ2v) is 10.4. The van der Waals surface area contributed by atoms with Crippen LogP contribution < -0.4 is 4.90 Å². The smallest absolute Gasteiger partial charge is 0.340 e. The molecule has 0 bridgehead atoms. The van der Waals surface area contributed by atoms with Crippen LogP contribution in [0.1, 0.15) is 33.9 Å². The summed E-state index contributed by atoms with van der Waals surface area (Å²) in [6, 6.07) is 11.7. The van der Waals surface area contributed by atoms with E-state index in [-0.39, 0.29) is 11.5 Å². The lowest BCUT2D eigenvalue weighted by molar-refractivity contribution is -0.122. The predicted molar refractivity (Wildman–Crippen MR) is 121 cm³/mol. The standard InChI is InChI=1S/C23H25N3O6S/c1-15-11-20(17(3)25(15)21-12-16(2)32-24-21)23(28)31-13-22(27)26(18-7-5-4-6-8-18)19-9-10-33(29,30)14-19/h4-8,11-12,19H,9-10,13-14H2,1-3H3/t19-/m1/s1. The number of para-hydroxylation sites is 1. The van der Waals surface area contributed by atoms with Gasteiger partial charge in [-0.25, -0.2) is 13.2 Å². The van der Waals surface area contributed by atoms with Crippen LogP contribution in [0.4, 0.5) is 5.69 Å². The molecule has 0 N–H and O–H groups in total. The third kappa shape index (κ3) is 4.70. The molecule has 0 spiro atoms. The molecule has 9 nitrogen and oxygen atoms in total. The minimum atomic E-state index is -3.21. The Balaban J connectivity index is 1.52. The average molecular weight is 472 g/mol. The summed E-state index contributed by atoms with van der Waals surface area (Å²) in [4.78, 5) is 27.3. The van der Waals surface area contributed by atoms with E-state index in [0.29, 0.717) is 34.9 Å². The van der Waals surface area contributed by atoms with Crippen LogP contribution in [0.3, 0.4) is 0 Å². The highest BCUT2D eigenvalue weighted by Crippen LogP contribution is 2.25. The molecule has 0 radical (unpaired) electrons. The molecule has 1 saturated heterocycles. The largest absolute Gasteiger partial charge is 0.452 e. The first-order valence-electron chi connectivity index (χ1n) is 10.5. The van der Waals surface area contributed by atoms with Crippen molar-refractivity contribution in [3.05, 3.63) is 65.2 Å². The van der Waals surface area contributed by atoms with Crippen LogP contribution in [0.15, 0.2) is 47.0 Å². The highest BCUT2D eigenvalue weighted by molar-refractivity contribution is 7.91. The molecule has 2 aromatic heterocycles. The fourth-order valence-electron chi connectivity index (χ4n) is 4.18. The first kappa shape index (κ1) is 22.8. The van der Waals surface area contributed by atoms with Gasteiger partial charge in [0.05, 0.1) is 23.1 Å². The van der Waals surface area contributed by atoms with Crippen LogP contribution in [-0.2, 0) is 19.4 Å². The van der Waals surface area contributed by atoms with E-state index >= 15 is 0 Å². The molecule has 4 rings (SSSR count). The van der Waals surface area contributed by atoms with Crippen LogP contribution >= 0.6 is 0 Å². The number of nitrogens with zero attached hydrogens (tertiary/aromatic N) is 3. The van der Waals surface area contributed by atoms with Gasteiger partial charge in [0.15, 0.2) is 22.3 Å². The Morgan fingerprint density at radius 2 is 1.91 bits per heavy atom. The topological polar surface area (TPSA) is 112 Å². The van der Waals surface area contributed by atoms with E-state index in [2.05, 4.69) is 5.16 Å². The number of amides is 1. The van der Waals surface area contributed by atoms with Gasteiger partial charge in [-0.3, -0.25) is 9.36 Å². The lowest BCUT2D eigenvalue weighted by atomic mass is 10.2. The van der Waals surface area contributed by atoms with Crippen molar-refractivity contribution in [1.29, 1.82) is 0 Å². The molecule has 3 heterocycles. The van der Waals surface area contributed by atoms with E-state index in [4.69, 9.17) is 9.26 Å². The molecule has 1 fully saturated rings. The average Bonchev–Trinajstić information content (AvgIpc) is 3.44. The second kappa shape index (κ2) is 8.86. The van der Waals surface area contributed by atoms with E-state index in [0.717, 1.165) is 5.69 Å². The number of carbonyl (C=O) groups excluding carboxylic acids is 2. The molecule has 3 aromatic rings. The molecule has 1 aliphatic heterocycles. The van der Waals surface area contributed by atoms with Gasteiger partial charge in [0.25, 0.3) is 5.91 Å². The number of anilines is 1. The zero-order chi connectivity index (χ0) is 23.8. The Kier molecular flexibility index (Phi) is 6.11. The highest BCUT2D eigenvalue weighted by Gasteiger charge is 2.36. The van der Waals surface area contributed by atoms with Crippen molar-refractivity contribution in [1.82, 2.24) is 9.72 Å². The van der Waals surface area contributed by atoms with Gasteiger partial charge >= 0.3 is 5.97 Å². The monoisotopic (exact) mass is 471 g/mol. The van der Waals surface area contributed by atoms with Gasteiger partial charge in [-0.1, -0.05) is 23.4 Å². The zero-order valence-electron chi connectivity index (χ0n) is 18.6. The quantitative estimate of drug-likeness (QED) is 0.508. The van der Waals surface area contributed by atoms with Crippen LogP contribution in [0.2, 0.25) is 0 Å². The maximum absolute atomic E-state index is 13.1. The number of esters is 1. The van der Waals surface area contributed by atoms with Crippen molar-refractivity contribution in [2.45, 2.75) is 33.2 Å². The van der Waals surface area contributed by atoms with Crippen LogP contribution in [-0.4, -0.2) is 54.2 Å². The number of aromatic nitrogens is 2. The van der Waals surface area contributed by atoms with Crippen molar-refractivity contribution in [3.8, 4) is 5.82 Å². The van der Waals surface area contributed by atoms with E-state index in [1.165, 1.54) is 4.90 Å². The molecule has 0 unspecified atom stereocenters. The van der Waals surface area contributed by atoms with Crippen molar-refractivity contribution < 1.29 is 27.3 Å². The first-order valence-corrected chi connectivity index (χ1v) is 12.4. The van der Waals surface area contributed by atoms with Gasteiger partial charge in [0.2, 0.25) is 0 Å². The minimum Gasteiger partial charge on any atom is -0.452 e. The van der Waals surface area contributed by atoms with E-state index in [9.17, 15) is 18.0 Å². The third-order valence-corrected chi connectivity index (χ3v) is 7.45. The SMILES string of the molecule is Cc1cc(-n2c(C)cc(C(=O)OCC(=O)N(c3ccccc3)[C@@H]3CCS(=O)(=O)C3)c2C)no1. The number of carbonyl (C=O) groups is 2. The fraction of sp³-hybridized carbons (Fsp3) is 0.348. The van der Waals surface area contributed by atoms with Gasteiger partial charge in [0.1, 0.15) is 5.76 Å². The number of sulfone groups is 1. The van der Waals surface area contributed by atoms with Crippen LogP contribution in [0, 0.1) is 20.8 Å². The maximum atomic E-state index is 13.1. The van der Waals surface area contributed by atoms with Crippen molar-refractivity contribution in [3.63, 3.8) is 0 Å². The van der Waals surface area contributed by atoms with Gasteiger partial charge in [-0.05, 0) is 45.4 Å². The summed E-state index contributed by atoms with van der Waals surface area (Å²) in [5.41, 5.74) is 2.26. The van der Waals surface area contributed by atoms with E-state index < -0.39 is 34.4 Å². The summed E-state index contributed by atoms with van der Waals surface area (Å²) in [6.07, 6.45) is 0.342. The number of hydrogen-bond donors (Lipinski definition) is 0. The Bertz CT molecular complexity index is 1290. The molecular weight excluding hydrogens is 446 g/mol. The summed E-state index contributed by atoms with van der Waals surface area (Å²) >= 11 is 0. The maximum Gasteiger partial charge on any atom is 0.340 e. The predicted octanol–water partition coefficient (Wildman–Crippen LogP) is 2.77. The summed E-state index contributed by atoms with van der Waals surface area (Å²) in [7, 11) is -3.21. The molecule has 1 amide bonds. The highest BCUT2D eigenvalue weighted by atomic mass is 32.2. The number of benzene rings is 1. The molecule has 1 aliphatic rings. The lowest BCUT2D eigenvalue weighted by Crippen LogP contribution is -2.43. The molecule has 33 heavy (non-hydrogen) atoms. The van der Waals surface area contributed by atoms with Crippen molar-refractivity contribution in [2.75, 3.05) is 23.0 Å². The van der Waals surface area contributed by atoms with Gasteiger partial charge < -0.3 is 14.2 Å². The Morgan fingerprint density at radius 3 is 2.52 bits per heavy atom. The third-order valence-electron chi connectivity index (χ3n) is 5.70. The van der Waals surface area contributed by atoms with E-state index in [1.54, 1.807) is 54.8 Å². The summed E-state index contributed by atoms with van der Waals surface area (Å²) in [6.45, 7) is 4.86. The number of hydrogen-bond acceptors (Lipinski definition) is 7. The van der Waals surface area contributed by atoms with Gasteiger partial charge in [0, 0.05) is 23.1 Å². The first-order chi connectivity index (χ1) is 15.7. The number of rotatable bonds is 6. The zero-order valence-corrected chi connectivity index (χ0v) is 19.5. The second-order valence-electron chi connectivity index (χ2n) is 8.15. The number of aryl methyl sites for hydroxylation is 2. The van der Waals surface area contributed by atoms with E-state index in [1.807, 2.05) is 13.0 Å². The molecular formula is C23H25N3O6S. The van der Waals surface area contributed by atoms with Crippen LogP contribution in [0.25, 0.3) is 5.82 Å². The Hall–Kier alpha value is -3.40. The summed E-state index contributed by atoms with van der Waals surface area (Å²) < 4.78 is 36.3. The molecule has 0 aliphatic carbocycles. The normalized spacial score (nSPS) is 17.1. The van der Waals surface area contributed by atoms with Crippen molar-refractivity contribution in [2.24, 2.45) is 0 Å². The summed E-state index contributed by atoms with van der Waals surface area (Å²) in [5, 5.41) is 3.99. The van der Waals surface area contributed by atoms with Gasteiger partial charge in [-0.2, -0.15) is 0 Å². The molecule has 1 aromatic carbocycles. The Labute approximate surface area is 191 Å². The summed E-state index contributed by atoms with van der Waals surface area (Å²) in [5.74, 6) is -0.00781.